The Morgan fingerprint density at radius 2 is 2.10 bits per heavy atom. The molecule has 0 fully saturated rings. The SMILES string of the molecule is COc1cccc(NC(=O)C(=O)NCC(C)(O)CSC)c1. The number of hydrogen-bond acceptors (Lipinski definition) is 5. The number of methoxy groups -OCH3 is 1. The highest BCUT2D eigenvalue weighted by molar-refractivity contribution is 7.98. The van der Waals surface area contributed by atoms with E-state index in [1.165, 1.54) is 18.9 Å². The van der Waals surface area contributed by atoms with Crippen LogP contribution in [-0.2, 0) is 9.59 Å². The van der Waals surface area contributed by atoms with Crippen LogP contribution in [-0.4, -0.2) is 48.2 Å². The molecule has 0 aliphatic heterocycles. The van der Waals surface area contributed by atoms with Gasteiger partial charge >= 0.3 is 11.8 Å². The molecule has 0 spiro atoms. The van der Waals surface area contributed by atoms with Gasteiger partial charge in [0, 0.05) is 24.1 Å². The maximum atomic E-state index is 11.7. The molecule has 7 heteroatoms. The quantitative estimate of drug-likeness (QED) is 0.678. The van der Waals surface area contributed by atoms with E-state index in [0.29, 0.717) is 17.2 Å². The number of anilines is 1. The number of ether oxygens (including phenoxy) is 1. The Kier molecular flexibility index (Phi) is 6.51. The lowest BCUT2D eigenvalue weighted by Gasteiger charge is -2.22. The van der Waals surface area contributed by atoms with Gasteiger partial charge in [-0.25, -0.2) is 0 Å². The molecule has 116 valence electrons. The molecule has 1 rings (SSSR count). The highest BCUT2D eigenvalue weighted by Crippen LogP contribution is 2.16. The summed E-state index contributed by atoms with van der Waals surface area (Å²) in [6.45, 7) is 1.61. The lowest BCUT2D eigenvalue weighted by Crippen LogP contribution is -2.45. The second kappa shape index (κ2) is 7.90. The predicted octanol–water partition coefficient (Wildman–Crippen LogP) is 0.864. The Bertz CT molecular complexity index is 506. The minimum absolute atomic E-state index is 0.0121. The number of carbonyl (C=O) groups is 2. The van der Waals surface area contributed by atoms with Crippen LogP contribution in [0.15, 0.2) is 24.3 Å². The van der Waals surface area contributed by atoms with Crippen molar-refractivity contribution in [3.63, 3.8) is 0 Å². The van der Waals surface area contributed by atoms with Gasteiger partial charge in [0.1, 0.15) is 5.75 Å². The topological polar surface area (TPSA) is 87.7 Å². The fraction of sp³-hybridized carbons (Fsp3) is 0.429. The molecule has 0 saturated carbocycles. The lowest BCUT2D eigenvalue weighted by molar-refractivity contribution is -0.136. The summed E-state index contributed by atoms with van der Waals surface area (Å²) in [4.78, 5) is 23.4. The monoisotopic (exact) mass is 312 g/mol. The highest BCUT2D eigenvalue weighted by atomic mass is 32.2. The normalized spacial score (nSPS) is 13.1. The van der Waals surface area contributed by atoms with Crippen molar-refractivity contribution in [3.8, 4) is 5.75 Å². The number of nitrogens with one attached hydrogen (secondary N) is 2. The van der Waals surface area contributed by atoms with Crippen LogP contribution < -0.4 is 15.4 Å². The second-order valence-electron chi connectivity index (χ2n) is 4.80. The third kappa shape index (κ3) is 6.05. The number of rotatable bonds is 6. The minimum atomic E-state index is -1.05. The first kappa shape index (κ1) is 17.3. The van der Waals surface area contributed by atoms with Crippen molar-refractivity contribution in [1.29, 1.82) is 0 Å². The first-order valence-corrected chi connectivity index (χ1v) is 7.72. The van der Waals surface area contributed by atoms with Gasteiger partial charge in [-0.15, -0.1) is 0 Å². The molecule has 1 unspecified atom stereocenters. The summed E-state index contributed by atoms with van der Waals surface area (Å²) in [6, 6.07) is 6.69. The molecule has 0 bridgehead atoms. The van der Waals surface area contributed by atoms with E-state index in [2.05, 4.69) is 10.6 Å². The van der Waals surface area contributed by atoms with Crippen molar-refractivity contribution in [2.75, 3.05) is 31.0 Å². The summed E-state index contributed by atoms with van der Waals surface area (Å²) in [5.41, 5.74) is -0.587. The van der Waals surface area contributed by atoms with Crippen molar-refractivity contribution < 1.29 is 19.4 Å². The van der Waals surface area contributed by atoms with E-state index in [4.69, 9.17) is 4.74 Å². The van der Waals surface area contributed by atoms with Gasteiger partial charge in [-0.2, -0.15) is 11.8 Å². The van der Waals surface area contributed by atoms with Crippen molar-refractivity contribution in [2.24, 2.45) is 0 Å². The zero-order valence-corrected chi connectivity index (χ0v) is 13.1. The van der Waals surface area contributed by atoms with Crippen molar-refractivity contribution >= 4 is 29.3 Å². The molecule has 1 aromatic rings. The average molecular weight is 312 g/mol. The van der Waals surface area contributed by atoms with Gasteiger partial charge in [0.05, 0.1) is 12.7 Å². The number of benzene rings is 1. The van der Waals surface area contributed by atoms with Gasteiger partial charge in [-0.1, -0.05) is 6.07 Å². The zero-order valence-electron chi connectivity index (χ0n) is 12.3. The molecule has 0 aromatic heterocycles. The Hall–Kier alpha value is -1.73. The van der Waals surface area contributed by atoms with Gasteiger partial charge in [0.15, 0.2) is 0 Å². The maximum absolute atomic E-state index is 11.7. The molecule has 1 atom stereocenters. The molecule has 0 heterocycles. The summed E-state index contributed by atoms with van der Waals surface area (Å²) in [5.74, 6) is -0.538. The summed E-state index contributed by atoms with van der Waals surface area (Å²) >= 11 is 1.46. The molecule has 0 aliphatic carbocycles. The largest absolute Gasteiger partial charge is 0.497 e. The van der Waals surface area contributed by atoms with Gasteiger partial charge in [0.2, 0.25) is 0 Å². The van der Waals surface area contributed by atoms with Gasteiger partial charge in [-0.3, -0.25) is 9.59 Å². The fourth-order valence-electron chi connectivity index (χ4n) is 1.60. The molecule has 1 aromatic carbocycles. The molecule has 0 saturated heterocycles. The van der Waals surface area contributed by atoms with E-state index in [0.717, 1.165) is 0 Å². The minimum Gasteiger partial charge on any atom is -0.497 e. The van der Waals surface area contributed by atoms with E-state index < -0.39 is 17.4 Å². The summed E-state index contributed by atoms with van der Waals surface area (Å²) < 4.78 is 5.03. The standard InChI is InChI=1S/C14H20N2O4S/c1-14(19,9-21-3)8-15-12(17)13(18)16-10-5-4-6-11(7-10)20-2/h4-7,19H,8-9H2,1-3H3,(H,15,17)(H,16,18). The van der Waals surface area contributed by atoms with Crippen LogP contribution in [0.4, 0.5) is 5.69 Å². The molecule has 0 aliphatic rings. The van der Waals surface area contributed by atoms with Crippen molar-refractivity contribution in [3.05, 3.63) is 24.3 Å². The second-order valence-corrected chi connectivity index (χ2v) is 5.66. The van der Waals surface area contributed by atoms with E-state index in [1.807, 2.05) is 6.26 Å². The molecular formula is C14H20N2O4S. The van der Waals surface area contributed by atoms with E-state index >= 15 is 0 Å². The number of aliphatic hydroxyl groups is 1. The van der Waals surface area contributed by atoms with Crippen LogP contribution in [0.25, 0.3) is 0 Å². The van der Waals surface area contributed by atoms with Crippen LogP contribution in [0.3, 0.4) is 0 Å². The fourth-order valence-corrected chi connectivity index (χ4v) is 2.33. The number of thioether (sulfide) groups is 1. The summed E-state index contributed by atoms with van der Waals surface area (Å²) in [5, 5.41) is 14.8. The lowest BCUT2D eigenvalue weighted by atomic mass is 10.1. The van der Waals surface area contributed by atoms with Crippen molar-refractivity contribution in [2.45, 2.75) is 12.5 Å². The summed E-state index contributed by atoms with van der Waals surface area (Å²) in [7, 11) is 1.52. The summed E-state index contributed by atoms with van der Waals surface area (Å²) in [6.07, 6.45) is 1.85. The van der Waals surface area contributed by atoms with Gasteiger partial charge in [0.25, 0.3) is 0 Å². The highest BCUT2D eigenvalue weighted by Gasteiger charge is 2.22. The third-order valence-corrected chi connectivity index (χ3v) is 3.53. The molecule has 0 radical (unpaired) electrons. The number of amides is 2. The number of hydrogen-bond donors (Lipinski definition) is 3. The van der Waals surface area contributed by atoms with Crippen LogP contribution in [0.5, 0.6) is 5.75 Å². The molecule has 6 nitrogen and oxygen atoms in total. The zero-order chi connectivity index (χ0) is 15.9. The van der Waals surface area contributed by atoms with Crippen LogP contribution in [0, 0.1) is 0 Å². The van der Waals surface area contributed by atoms with E-state index in [-0.39, 0.29) is 6.54 Å². The first-order valence-electron chi connectivity index (χ1n) is 6.32. The van der Waals surface area contributed by atoms with Crippen LogP contribution >= 0.6 is 11.8 Å². The Labute approximate surface area is 128 Å². The van der Waals surface area contributed by atoms with Gasteiger partial charge < -0.3 is 20.5 Å². The first-order chi connectivity index (χ1) is 9.88. The van der Waals surface area contributed by atoms with E-state index in [9.17, 15) is 14.7 Å². The maximum Gasteiger partial charge on any atom is 0.313 e. The molecule has 2 amide bonds. The molecular weight excluding hydrogens is 292 g/mol. The van der Waals surface area contributed by atoms with Crippen LogP contribution in [0.1, 0.15) is 6.92 Å². The molecule has 3 N–H and O–H groups in total. The van der Waals surface area contributed by atoms with Crippen LogP contribution in [0.2, 0.25) is 0 Å². The Morgan fingerprint density at radius 1 is 1.38 bits per heavy atom. The average Bonchev–Trinajstić information content (AvgIpc) is 2.45. The third-order valence-electron chi connectivity index (χ3n) is 2.62. The van der Waals surface area contributed by atoms with Crippen molar-refractivity contribution in [1.82, 2.24) is 5.32 Å². The van der Waals surface area contributed by atoms with E-state index in [1.54, 1.807) is 31.2 Å². The number of carbonyl (C=O) groups excluding carboxylic acids is 2. The Morgan fingerprint density at radius 3 is 2.71 bits per heavy atom. The molecule has 21 heavy (non-hydrogen) atoms. The smallest absolute Gasteiger partial charge is 0.313 e. The Balaban J connectivity index is 2.53. The van der Waals surface area contributed by atoms with Gasteiger partial charge in [-0.05, 0) is 25.3 Å². The predicted molar refractivity (Wildman–Crippen MR) is 83.6 cm³/mol.